The maximum absolute atomic E-state index is 12.0. The second-order valence-electron chi connectivity index (χ2n) is 11.0. The van der Waals surface area contributed by atoms with Gasteiger partial charge in [0.2, 0.25) is 5.91 Å². The molecule has 0 heterocycles. The van der Waals surface area contributed by atoms with Crippen LogP contribution in [-0.4, -0.2) is 17.0 Å². The van der Waals surface area contributed by atoms with Gasteiger partial charge in [-0.05, 0) is 30.7 Å². The van der Waals surface area contributed by atoms with E-state index in [1.807, 2.05) is 0 Å². The van der Waals surface area contributed by atoms with Crippen molar-refractivity contribution in [3.05, 3.63) is 29.8 Å². The molecule has 1 aromatic carbocycles. The van der Waals surface area contributed by atoms with Gasteiger partial charge in [-0.15, -0.1) is 0 Å². The van der Waals surface area contributed by atoms with Gasteiger partial charge < -0.3 is 10.4 Å². The van der Waals surface area contributed by atoms with E-state index in [9.17, 15) is 9.59 Å². The first kappa shape index (κ1) is 33.2. The number of benzene rings is 1. The summed E-state index contributed by atoms with van der Waals surface area (Å²) in [6, 6.07) is 6.30. The molecule has 0 aromatic heterocycles. The minimum Gasteiger partial charge on any atom is -0.478 e. The predicted molar refractivity (Wildman–Crippen MR) is 159 cm³/mol. The van der Waals surface area contributed by atoms with Crippen LogP contribution in [0.15, 0.2) is 24.3 Å². The van der Waals surface area contributed by atoms with Crippen LogP contribution in [0.2, 0.25) is 0 Å². The summed E-state index contributed by atoms with van der Waals surface area (Å²) in [5, 5.41) is 11.8. The first-order valence-corrected chi connectivity index (χ1v) is 15.8. The van der Waals surface area contributed by atoms with Crippen LogP contribution in [0.3, 0.4) is 0 Å². The van der Waals surface area contributed by atoms with Crippen molar-refractivity contribution >= 4 is 17.6 Å². The van der Waals surface area contributed by atoms with Gasteiger partial charge in [0.25, 0.3) is 0 Å². The minimum atomic E-state index is -0.956. The topological polar surface area (TPSA) is 66.4 Å². The second kappa shape index (κ2) is 24.5. The van der Waals surface area contributed by atoms with Gasteiger partial charge in [-0.2, -0.15) is 0 Å². The zero-order valence-corrected chi connectivity index (χ0v) is 24.0. The van der Waals surface area contributed by atoms with Crippen molar-refractivity contribution in [1.82, 2.24) is 0 Å². The van der Waals surface area contributed by atoms with E-state index in [-0.39, 0.29) is 11.5 Å². The second-order valence-corrected chi connectivity index (χ2v) is 11.0. The fourth-order valence-corrected chi connectivity index (χ4v) is 4.99. The summed E-state index contributed by atoms with van der Waals surface area (Å²) >= 11 is 0. The number of nitrogens with one attached hydrogen (secondary N) is 1. The molecule has 212 valence electrons. The van der Waals surface area contributed by atoms with Crippen LogP contribution in [0.25, 0.3) is 0 Å². The number of carbonyl (C=O) groups is 2. The molecule has 0 aliphatic rings. The smallest absolute Gasteiger partial charge is 0.335 e. The highest BCUT2D eigenvalue weighted by Crippen LogP contribution is 2.16. The number of hydrogen-bond acceptors (Lipinski definition) is 2. The summed E-state index contributed by atoms with van der Waals surface area (Å²) in [7, 11) is 0. The third-order valence-electron chi connectivity index (χ3n) is 7.42. The van der Waals surface area contributed by atoms with E-state index in [1.54, 1.807) is 12.1 Å². The highest BCUT2D eigenvalue weighted by atomic mass is 16.4. The third-order valence-corrected chi connectivity index (χ3v) is 7.42. The van der Waals surface area contributed by atoms with Gasteiger partial charge in [-0.1, -0.05) is 148 Å². The monoisotopic (exact) mass is 515 g/mol. The van der Waals surface area contributed by atoms with Gasteiger partial charge in [0.1, 0.15) is 0 Å². The molecule has 0 saturated carbocycles. The molecule has 0 radical (unpaired) electrons. The Balaban J connectivity index is 1.75. The fraction of sp³-hybridized carbons (Fsp3) is 0.758. The largest absolute Gasteiger partial charge is 0.478 e. The summed E-state index contributed by atoms with van der Waals surface area (Å²) < 4.78 is 0. The van der Waals surface area contributed by atoms with Gasteiger partial charge in [-0.25, -0.2) is 4.79 Å². The molecular weight excluding hydrogens is 458 g/mol. The van der Waals surface area contributed by atoms with E-state index in [1.165, 1.54) is 147 Å². The summed E-state index contributed by atoms with van der Waals surface area (Å²) in [6.07, 6.45) is 32.0. The molecule has 4 nitrogen and oxygen atoms in total. The van der Waals surface area contributed by atoms with E-state index in [0.29, 0.717) is 12.1 Å². The van der Waals surface area contributed by atoms with E-state index in [2.05, 4.69) is 12.2 Å². The molecule has 4 heteroatoms. The Kier molecular flexibility index (Phi) is 22.0. The van der Waals surface area contributed by atoms with E-state index < -0.39 is 5.97 Å². The average molecular weight is 516 g/mol. The minimum absolute atomic E-state index is 0.00609. The van der Waals surface area contributed by atoms with Gasteiger partial charge in [-0.3, -0.25) is 4.79 Å². The molecule has 2 N–H and O–H groups in total. The van der Waals surface area contributed by atoms with Crippen LogP contribution in [0.5, 0.6) is 0 Å². The van der Waals surface area contributed by atoms with Crippen LogP contribution in [0.4, 0.5) is 5.69 Å². The number of anilines is 1. The van der Waals surface area contributed by atoms with Crippen molar-refractivity contribution in [3.8, 4) is 0 Å². The average Bonchev–Trinajstić information content (AvgIpc) is 2.89. The molecule has 0 aliphatic carbocycles. The molecule has 0 aliphatic heterocycles. The van der Waals surface area contributed by atoms with Crippen LogP contribution < -0.4 is 5.32 Å². The van der Waals surface area contributed by atoms with Gasteiger partial charge in [0.15, 0.2) is 0 Å². The maximum atomic E-state index is 12.0. The molecular formula is C33H57NO3. The Morgan fingerprint density at radius 3 is 1.19 bits per heavy atom. The zero-order chi connectivity index (χ0) is 26.8. The Morgan fingerprint density at radius 1 is 0.541 bits per heavy atom. The van der Waals surface area contributed by atoms with Crippen LogP contribution in [-0.2, 0) is 4.79 Å². The Bertz CT molecular complexity index is 671. The third kappa shape index (κ3) is 20.9. The first-order valence-electron chi connectivity index (χ1n) is 15.8. The lowest BCUT2D eigenvalue weighted by molar-refractivity contribution is -0.116. The molecule has 1 rings (SSSR count). The number of unbranched alkanes of at least 4 members (excludes halogenated alkanes) is 22. The normalized spacial score (nSPS) is 11.1. The highest BCUT2D eigenvalue weighted by Gasteiger charge is 2.05. The van der Waals surface area contributed by atoms with Crippen molar-refractivity contribution in [2.24, 2.45) is 0 Å². The van der Waals surface area contributed by atoms with Crippen molar-refractivity contribution < 1.29 is 14.7 Å². The Morgan fingerprint density at radius 2 is 0.865 bits per heavy atom. The first-order chi connectivity index (χ1) is 18.1. The summed E-state index contributed by atoms with van der Waals surface area (Å²) in [4.78, 5) is 22.9. The lowest BCUT2D eigenvalue weighted by Crippen LogP contribution is -2.11. The number of carboxylic acid groups (broad SMARTS) is 1. The molecule has 0 unspecified atom stereocenters. The molecule has 0 atom stereocenters. The maximum Gasteiger partial charge on any atom is 0.335 e. The van der Waals surface area contributed by atoms with Crippen LogP contribution >= 0.6 is 0 Å². The number of hydrogen-bond donors (Lipinski definition) is 2. The number of rotatable bonds is 26. The summed E-state index contributed by atoms with van der Waals surface area (Å²) in [5.74, 6) is -0.950. The molecule has 1 aromatic rings. The van der Waals surface area contributed by atoms with Gasteiger partial charge >= 0.3 is 5.97 Å². The number of carboxylic acids is 1. The van der Waals surface area contributed by atoms with E-state index >= 15 is 0 Å². The number of amides is 1. The predicted octanol–water partition coefficient (Wildman–Crippen LogP) is 10.7. The molecule has 37 heavy (non-hydrogen) atoms. The van der Waals surface area contributed by atoms with Crippen molar-refractivity contribution in [1.29, 1.82) is 0 Å². The van der Waals surface area contributed by atoms with Crippen LogP contribution in [0, 0.1) is 0 Å². The lowest BCUT2D eigenvalue weighted by Gasteiger charge is -2.06. The molecule has 1 amide bonds. The summed E-state index contributed by atoms with van der Waals surface area (Å²) in [6.45, 7) is 2.29. The standard InChI is InChI=1S/C33H57NO3/c1-2-3-4-5-6-7-8-9-10-11-12-13-14-15-16-17-18-19-20-21-22-23-24-25-32(35)34-31-28-26-30(27-29-31)33(36)37/h26-29H,2-25H2,1H3,(H,34,35)(H,36,37). The SMILES string of the molecule is CCCCCCCCCCCCCCCCCCCCCCCCCC(=O)Nc1ccc(C(=O)O)cc1. The van der Waals surface area contributed by atoms with Gasteiger partial charge in [0.05, 0.1) is 5.56 Å². The van der Waals surface area contributed by atoms with E-state index in [4.69, 9.17) is 5.11 Å². The highest BCUT2D eigenvalue weighted by molar-refractivity contribution is 5.92. The quantitative estimate of drug-likeness (QED) is 0.121. The fourth-order valence-electron chi connectivity index (χ4n) is 4.99. The Hall–Kier alpha value is -1.84. The lowest BCUT2D eigenvalue weighted by atomic mass is 10.0. The Labute approximate surface area is 228 Å². The van der Waals surface area contributed by atoms with Crippen LogP contribution in [0.1, 0.15) is 171 Å². The molecule has 0 spiro atoms. The van der Waals surface area contributed by atoms with Crippen molar-refractivity contribution in [3.63, 3.8) is 0 Å². The summed E-state index contributed by atoms with van der Waals surface area (Å²) in [5.41, 5.74) is 0.886. The van der Waals surface area contributed by atoms with Crippen molar-refractivity contribution in [2.45, 2.75) is 161 Å². The van der Waals surface area contributed by atoms with Gasteiger partial charge in [0, 0.05) is 12.1 Å². The number of carbonyl (C=O) groups excluding carboxylic acids is 1. The molecule has 0 bridgehead atoms. The molecule has 0 saturated heterocycles. The van der Waals surface area contributed by atoms with E-state index in [0.717, 1.165) is 12.8 Å². The number of aromatic carboxylic acids is 1. The molecule has 0 fully saturated rings. The van der Waals surface area contributed by atoms with Crippen molar-refractivity contribution in [2.75, 3.05) is 5.32 Å². The zero-order valence-electron chi connectivity index (χ0n) is 24.0.